The van der Waals surface area contributed by atoms with Crippen LogP contribution in [-0.2, 0) is 9.79 Å². The molecule has 0 saturated heterocycles. The monoisotopic (exact) mass is 442 g/mol. The Morgan fingerprint density at radius 1 is 0.875 bits per heavy atom. The molecule has 0 saturated carbocycles. The summed E-state index contributed by atoms with van der Waals surface area (Å²) in [6.45, 7) is 3.55. The van der Waals surface area contributed by atoms with Crippen molar-refractivity contribution in [1.82, 2.24) is 0 Å². The number of ether oxygens (including phenoxy) is 1. The van der Waals surface area contributed by atoms with Crippen molar-refractivity contribution in [3.05, 3.63) is 90.0 Å². The number of methoxy groups -OCH3 is 1. The highest BCUT2D eigenvalue weighted by Gasteiger charge is 2.55. The van der Waals surface area contributed by atoms with E-state index in [0.29, 0.717) is 5.04 Å². The van der Waals surface area contributed by atoms with Crippen LogP contribution in [0.4, 0.5) is 11.4 Å². The second kappa shape index (κ2) is 7.84. The Bertz CT molecular complexity index is 1240. The molecule has 1 atom stereocenters. The Morgan fingerprint density at radius 2 is 1.50 bits per heavy atom. The predicted octanol–water partition coefficient (Wildman–Crippen LogP) is 5.21. The van der Waals surface area contributed by atoms with Gasteiger partial charge in [-0.2, -0.15) is 10.2 Å². The number of hydrogen-bond acceptors (Lipinski definition) is 7. The van der Waals surface area contributed by atoms with Gasteiger partial charge in [-0.25, -0.2) is 10.0 Å². The largest absolute Gasteiger partial charge is 0.497 e. The zero-order valence-electron chi connectivity index (χ0n) is 18.0. The molecule has 5 rings (SSSR count). The lowest BCUT2D eigenvalue weighted by molar-refractivity contribution is -0.110. The maximum Gasteiger partial charge on any atom is 0.234 e. The fourth-order valence-corrected chi connectivity index (χ4v) is 5.32. The van der Waals surface area contributed by atoms with Crippen molar-refractivity contribution in [2.45, 2.75) is 18.8 Å². The van der Waals surface area contributed by atoms with Crippen LogP contribution >= 0.6 is 11.8 Å². The van der Waals surface area contributed by atoms with Crippen molar-refractivity contribution in [1.29, 1.82) is 0 Å². The van der Waals surface area contributed by atoms with E-state index in [-0.39, 0.29) is 5.78 Å². The number of hydrogen-bond donors (Lipinski definition) is 0. The second-order valence-electron chi connectivity index (χ2n) is 7.56. The van der Waals surface area contributed by atoms with Crippen LogP contribution in [0.2, 0.25) is 0 Å². The number of anilines is 2. The average molecular weight is 443 g/mol. The summed E-state index contributed by atoms with van der Waals surface area (Å²) < 4.78 is 5.34. The molecule has 0 bridgehead atoms. The van der Waals surface area contributed by atoms with Gasteiger partial charge < -0.3 is 4.74 Å². The molecule has 2 aliphatic rings. The van der Waals surface area contributed by atoms with Gasteiger partial charge in [0.25, 0.3) is 0 Å². The normalized spacial score (nSPS) is 19.5. The molecule has 0 radical (unpaired) electrons. The number of ketones is 1. The van der Waals surface area contributed by atoms with Gasteiger partial charge in [0.1, 0.15) is 5.75 Å². The molecule has 3 aromatic rings. The highest BCUT2D eigenvalue weighted by Crippen LogP contribution is 2.54. The third-order valence-corrected chi connectivity index (χ3v) is 6.95. The number of carbonyl (C=O) groups is 1. The number of thioether (sulfide) groups is 1. The molecular formula is C25H22N4O2S. The summed E-state index contributed by atoms with van der Waals surface area (Å²) in [5.41, 5.74) is 4.71. The maximum atomic E-state index is 12.5. The number of para-hydroxylation sites is 1. The number of rotatable bonds is 4. The second-order valence-corrected chi connectivity index (χ2v) is 8.72. The van der Waals surface area contributed by atoms with E-state index in [9.17, 15) is 4.79 Å². The molecule has 1 spiro atoms. The van der Waals surface area contributed by atoms with Crippen LogP contribution in [0.3, 0.4) is 0 Å². The molecule has 32 heavy (non-hydrogen) atoms. The Labute approximate surface area is 191 Å². The summed E-state index contributed by atoms with van der Waals surface area (Å²) in [5.74, 6) is 0.672. The molecule has 0 unspecified atom stereocenters. The molecule has 0 N–H and O–H groups in total. The Hall–Kier alpha value is -3.58. The van der Waals surface area contributed by atoms with Crippen molar-refractivity contribution in [3.8, 4) is 5.75 Å². The first-order valence-electron chi connectivity index (χ1n) is 10.3. The fourth-order valence-electron chi connectivity index (χ4n) is 4.03. The summed E-state index contributed by atoms with van der Waals surface area (Å²) in [6, 6.07) is 25.8. The molecular weight excluding hydrogens is 420 g/mol. The Morgan fingerprint density at radius 3 is 2.19 bits per heavy atom. The van der Waals surface area contributed by atoms with E-state index in [0.717, 1.165) is 34.0 Å². The summed E-state index contributed by atoms with van der Waals surface area (Å²) in [6.07, 6.45) is 0. The topological polar surface area (TPSA) is 57.5 Å². The van der Waals surface area contributed by atoms with E-state index in [2.05, 4.69) is 12.1 Å². The van der Waals surface area contributed by atoms with Gasteiger partial charge in [0, 0.05) is 18.1 Å². The minimum atomic E-state index is -0.896. The highest BCUT2D eigenvalue weighted by molar-refractivity contribution is 8.17. The average Bonchev–Trinajstić information content (AvgIpc) is 3.24. The van der Waals surface area contributed by atoms with E-state index in [4.69, 9.17) is 14.9 Å². The Kier molecular flexibility index (Phi) is 4.98. The molecule has 2 aliphatic heterocycles. The van der Waals surface area contributed by atoms with Crippen molar-refractivity contribution < 1.29 is 9.53 Å². The van der Waals surface area contributed by atoms with E-state index in [1.807, 2.05) is 83.7 Å². The fraction of sp³-hybridized carbons (Fsp3) is 0.160. The van der Waals surface area contributed by atoms with Crippen LogP contribution in [0.25, 0.3) is 0 Å². The molecule has 7 heteroatoms. The van der Waals surface area contributed by atoms with E-state index >= 15 is 0 Å². The number of fused-ring (bicyclic) bond motifs is 2. The van der Waals surface area contributed by atoms with Gasteiger partial charge in [-0.3, -0.25) is 4.79 Å². The third kappa shape index (κ3) is 3.08. The SMILES string of the molecule is COc1ccc(N2N=C(C(C)=O)S[C@]23c2ccccc2C(C)=NN3c2ccccc2)cc1. The summed E-state index contributed by atoms with van der Waals surface area (Å²) in [4.78, 5) is 11.6. The van der Waals surface area contributed by atoms with E-state index in [1.54, 1.807) is 14.0 Å². The first-order valence-corrected chi connectivity index (χ1v) is 11.1. The van der Waals surface area contributed by atoms with Crippen LogP contribution in [-0.4, -0.2) is 23.6 Å². The van der Waals surface area contributed by atoms with Crippen LogP contribution < -0.4 is 14.8 Å². The summed E-state index contributed by atoms with van der Waals surface area (Å²) >= 11 is 1.42. The molecule has 0 fully saturated rings. The van der Waals surface area contributed by atoms with E-state index < -0.39 is 4.99 Å². The summed E-state index contributed by atoms with van der Waals surface area (Å²) in [5, 5.41) is 14.1. The van der Waals surface area contributed by atoms with Crippen molar-refractivity contribution in [2.75, 3.05) is 17.1 Å². The molecule has 3 aromatic carbocycles. The maximum absolute atomic E-state index is 12.5. The molecule has 0 aromatic heterocycles. The Balaban J connectivity index is 1.79. The predicted molar refractivity (Wildman–Crippen MR) is 130 cm³/mol. The minimum Gasteiger partial charge on any atom is -0.497 e. The first-order chi connectivity index (χ1) is 15.5. The quantitative estimate of drug-likeness (QED) is 0.555. The smallest absolute Gasteiger partial charge is 0.234 e. The van der Waals surface area contributed by atoms with Crippen LogP contribution in [0.15, 0.2) is 89.1 Å². The summed E-state index contributed by atoms with van der Waals surface area (Å²) in [7, 11) is 1.64. The number of nitrogens with zero attached hydrogens (tertiary/aromatic N) is 4. The molecule has 6 nitrogen and oxygen atoms in total. The van der Waals surface area contributed by atoms with Crippen LogP contribution in [0.5, 0.6) is 5.75 Å². The van der Waals surface area contributed by atoms with Gasteiger partial charge in [0.2, 0.25) is 4.99 Å². The lowest BCUT2D eigenvalue weighted by atomic mass is 9.98. The van der Waals surface area contributed by atoms with Gasteiger partial charge >= 0.3 is 0 Å². The molecule has 160 valence electrons. The van der Waals surface area contributed by atoms with Gasteiger partial charge in [0.05, 0.1) is 24.2 Å². The number of carbonyl (C=O) groups excluding carboxylic acids is 1. The van der Waals surface area contributed by atoms with Crippen molar-refractivity contribution in [3.63, 3.8) is 0 Å². The van der Waals surface area contributed by atoms with Crippen molar-refractivity contribution >= 4 is 39.7 Å². The molecule has 2 heterocycles. The van der Waals surface area contributed by atoms with Crippen LogP contribution in [0.1, 0.15) is 25.0 Å². The van der Waals surface area contributed by atoms with Crippen molar-refractivity contribution in [2.24, 2.45) is 10.2 Å². The highest BCUT2D eigenvalue weighted by atomic mass is 32.2. The van der Waals surface area contributed by atoms with Gasteiger partial charge in [0.15, 0.2) is 10.8 Å². The standard InChI is InChI=1S/C25H22N4O2S/c1-17-22-11-7-8-12-23(22)25(28(26-17)19-9-5-4-6-10-19)29(27-24(32-25)18(2)30)20-13-15-21(31-3)16-14-20/h4-16H,1-3H3/t25-/m0/s1. The lowest BCUT2D eigenvalue weighted by Crippen LogP contribution is -2.53. The minimum absolute atomic E-state index is 0.0813. The zero-order valence-corrected chi connectivity index (χ0v) is 18.8. The zero-order chi connectivity index (χ0) is 22.3. The van der Waals surface area contributed by atoms with Gasteiger partial charge in [-0.05, 0) is 55.1 Å². The molecule has 0 amide bonds. The van der Waals surface area contributed by atoms with Gasteiger partial charge in [-0.1, -0.05) is 42.5 Å². The van der Waals surface area contributed by atoms with E-state index in [1.165, 1.54) is 11.8 Å². The van der Waals surface area contributed by atoms with Crippen LogP contribution in [0, 0.1) is 0 Å². The first kappa shape index (κ1) is 20.3. The third-order valence-electron chi connectivity index (χ3n) is 5.54. The molecule has 0 aliphatic carbocycles. The number of Topliss-reactive ketones (excluding diaryl/α,β-unsaturated/α-hetero) is 1. The lowest BCUT2D eigenvalue weighted by Gasteiger charge is -2.46. The number of hydrazone groups is 2. The van der Waals surface area contributed by atoms with Gasteiger partial charge in [-0.15, -0.1) is 0 Å². The number of benzene rings is 3.